The second-order valence-electron chi connectivity index (χ2n) is 10.5. The first kappa shape index (κ1) is 23.0. The molecule has 1 saturated heterocycles. The second-order valence-corrected chi connectivity index (χ2v) is 11.3. The maximum atomic E-state index is 12.7. The van der Waals surface area contributed by atoms with Crippen molar-refractivity contribution < 1.29 is 13.2 Å². The van der Waals surface area contributed by atoms with Crippen molar-refractivity contribution >= 4 is 16.5 Å². The molecule has 2 unspecified atom stereocenters. The number of halogens is 3. The molecule has 3 aliphatic rings. The molecule has 2 fully saturated rings. The van der Waals surface area contributed by atoms with Crippen molar-refractivity contribution in [3.05, 3.63) is 58.8 Å². The Kier molecular flexibility index (Phi) is 5.86. The van der Waals surface area contributed by atoms with Gasteiger partial charge in [0.2, 0.25) is 0 Å². The minimum Gasteiger partial charge on any atom is -0.362 e. The molecule has 4 atom stereocenters. The average Bonchev–Trinajstić information content (AvgIpc) is 3.48. The van der Waals surface area contributed by atoms with E-state index in [1.54, 1.807) is 23.7 Å². The third kappa shape index (κ3) is 4.71. The number of alkyl halides is 3. The first-order valence-corrected chi connectivity index (χ1v) is 13.4. The van der Waals surface area contributed by atoms with E-state index in [0.29, 0.717) is 23.3 Å². The molecule has 0 N–H and O–H groups in total. The van der Waals surface area contributed by atoms with Crippen LogP contribution in [-0.4, -0.2) is 38.4 Å². The Labute approximate surface area is 207 Å². The quantitative estimate of drug-likeness (QED) is 0.445. The Morgan fingerprint density at radius 3 is 2.46 bits per heavy atom. The molecule has 2 bridgehead atoms. The molecule has 0 spiro atoms. The molecule has 4 heterocycles. The van der Waals surface area contributed by atoms with Gasteiger partial charge in [-0.15, -0.1) is 0 Å². The molecule has 186 valence electrons. The van der Waals surface area contributed by atoms with Crippen molar-refractivity contribution in [3.8, 4) is 0 Å². The van der Waals surface area contributed by atoms with Crippen LogP contribution >= 0.6 is 11.5 Å². The summed E-state index contributed by atoms with van der Waals surface area (Å²) in [6.07, 6.45) is 0.340. The highest BCUT2D eigenvalue weighted by Crippen LogP contribution is 2.45. The largest absolute Gasteiger partial charge is 0.393 e. The van der Waals surface area contributed by atoms with Crippen LogP contribution in [0.1, 0.15) is 60.1 Å². The van der Waals surface area contributed by atoms with Crippen LogP contribution in [0.4, 0.5) is 18.2 Å². The van der Waals surface area contributed by atoms with E-state index in [4.69, 9.17) is 10.1 Å². The highest BCUT2D eigenvalue weighted by Gasteiger charge is 2.43. The minimum atomic E-state index is -4.18. The summed E-state index contributed by atoms with van der Waals surface area (Å²) in [4.78, 5) is 7.53. The molecule has 9 heteroatoms. The molecule has 1 aromatic carbocycles. The Hall–Kier alpha value is -2.42. The van der Waals surface area contributed by atoms with E-state index in [-0.39, 0.29) is 5.92 Å². The lowest BCUT2D eigenvalue weighted by Crippen LogP contribution is -2.42. The molecule has 6 rings (SSSR count). The van der Waals surface area contributed by atoms with Gasteiger partial charge < -0.3 is 4.90 Å². The van der Waals surface area contributed by atoms with Crippen LogP contribution in [0.25, 0.3) is 0 Å². The number of nitrogens with zero attached hydrogens (tertiary/aromatic N) is 5. The van der Waals surface area contributed by atoms with E-state index in [2.05, 4.69) is 22.3 Å². The van der Waals surface area contributed by atoms with Crippen molar-refractivity contribution in [3.63, 3.8) is 0 Å². The minimum absolute atomic E-state index is 0.0954. The van der Waals surface area contributed by atoms with Crippen molar-refractivity contribution in [1.82, 2.24) is 19.1 Å². The Balaban J connectivity index is 1.17. The normalized spacial score (nSPS) is 26.2. The molecule has 2 aromatic heterocycles. The summed E-state index contributed by atoms with van der Waals surface area (Å²) >= 11 is 1.61. The van der Waals surface area contributed by atoms with E-state index in [1.165, 1.54) is 17.8 Å². The van der Waals surface area contributed by atoms with Gasteiger partial charge in [0.1, 0.15) is 10.8 Å². The van der Waals surface area contributed by atoms with Crippen LogP contribution in [0.2, 0.25) is 0 Å². The lowest BCUT2D eigenvalue weighted by molar-refractivity contribution is -0.127. The Morgan fingerprint density at radius 2 is 1.80 bits per heavy atom. The van der Waals surface area contributed by atoms with Gasteiger partial charge in [-0.2, -0.15) is 22.6 Å². The number of rotatable bonds is 5. The number of hydrogen-bond acceptors (Lipinski definition) is 5. The van der Waals surface area contributed by atoms with Gasteiger partial charge in [0.25, 0.3) is 0 Å². The van der Waals surface area contributed by atoms with Crippen molar-refractivity contribution in [1.29, 1.82) is 0 Å². The van der Waals surface area contributed by atoms with Gasteiger partial charge >= 0.3 is 6.18 Å². The topological polar surface area (TPSA) is 46.8 Å². The van der Waals surface area contributed by atoms with Gasteiger partial charge in [-0.05, 0) is 79.1 Å². The van der Waals surface area contributed by atoms with Gasteiger partial charge in [0.15, 0.2) is 5.82 Å². The van der Waals surface area contributed by atoms with Crippen LogP contribution in [0.5, 0.6) is 0 Å². The fourth-order valence-electron chi connectivity index (χ4n) is 6.46. The molecule has 1 saturated carbocycles. The molecule has 35 heavy (non-hydrogen) atoms. The van der Waals surface area contributed by atoms with E-state index < -0.39 is 12.6 Å². The van der Waals surface area contributed by atoms with Crippen molar-refractivity contribution in [2.24, 2.45) is 17.8 Å². The maximum Gasteiger partial charge on any atom is 0.393 e. The number of piperidine rings is 1. The zero-order chi connectivity index (χ0) is 24.2. The number of aromatic nitrogens is 4. The highest BCUT2D eigenvalue weighted by atomic mass is 32.1. The smallest absolute Gasteiger partial charge is 0.362 e. The summed E-state index contributed by atoms with van der Waals surface area (Å²) < 4.78 is 44.7. The van der Waals surface area contributed by atoms with Gasteiger partial charge in [0.05, 0.1) is 12.1 Å². The summed E-state index contributed by atoms with van der Waals surface area (Å²) in [7, 11) is 0. The lowest BCUT2D eigenvalue weighted by Gasteiger charge is -2.38. The molecule has 0 amide bonds. The summed E-state index contributed by atoms with van der Waals surface area (Å²) in [6, 6.07) is 9.09. The van der Waals surface area contributed by atoms with Crippen LogP contribution < -0.4 is 4.90 Å². The van der Waals surface area contributed by atoms with Crippen molar-refractivity contribution in [2.75, 3.05) is 18.0 Å². The van der Waals surface area contributed by atoms with Crippen LogP contribution in [0.15, 0.2) is 30.3 Å². The first-order chi connectivity index (χ1) is 16.8. The molecule has 3 aromatic rings. The standard InChI is InChI=1S/C26H30F3N5S/c1-16-11-24(35-32-16)33-14-19-8-9-20(15-33)22(19)12-23-30-25-21(3-2-10-34(25)31-23)18-6-4-17(5-7-18)13-26(27,28)29/h4-7,11,19-22H,2-3,8-10,12-15H2,1H3/t19-,20+,21?,22?. The summed E-state index contributed by atoms with van der Waals surface area (Å²) in [5.74, 6) is 3.94. The number of anilines is 1. The fourth-order valence-corrected chi connectivity index (χ4v) is 7.24. The number of benzene rings is 1. The molecule has 1 aliphatic carbocycles. The number of hydrogen-bond donors (Lipinski definition) is 0. The summed E-state index contributed by atoms with van der Waals surface area (Å²) in [5, 5.41) is 6.19. The van der Waals surface area contributed by atoms with Gasteiger partial charge in [-0.25, -0.2) is 9.67 Å². The Morgan fingerprint density at radius 1 is 1.06 bits per heavy atom. The molecule has 2 aliphatic heterocycles. The maximum absolute atomic E-state index is 12.7. The van der Waals surface area contributed by atoms with Crippen molar-refractivity contribution in [2.45, 2.75) is 64.1 Å². The number of aryl methyl sites for hydroxylation is 2. The van der Waals surface area contributed by atoms with E-state index >= 15 is 0 Å². The van der Waals surface area contributed by atoms with Gasteiger partial charge in [0, 0.05) is 32.0 Å². The SMILES string of the molecule is Cc1cc(N2C[C@H]3CC[C@@H](C2)C3Cc2nc3n(n2)CCCC3c2ccc(CC(F)(F)F)cc2)sn1. The number of fused-ring (bicyclic) bond motifs is 3. The second kappa shape index (κ2) is 8.91. The third-order valence-electron chi connectivity index (χ3n) is 8.08. The zero-order valence-corrected chi connectivity index (χ0v) is 20.7. The molecule has 0 radical (unpaired) electrons. The van der Waals surface area contributed by atoms with E-state index in [0.717, 1.165) is 61.8 Å². The van der Waals surface area contributed by atoms with Gasteiger partial charge in [-0.1, -0.05) is 24.3 Å². The predicted molar refractivity (Wildman–Crippen MR) is 130 cm³/mol. The van der Waals surface area contributed by atoms with E-state index in [1.807, 2.05) is 16.8 Å². The fraction of sp³-hybridized carbons (Fsp3) is 0.577. The van der Waals surface area contributed by atoms with E-state index in [9.17, 15) is 13.2 Å². The monoisotopic (exact) mass is 501 g/mol. The molecular weight excluding hydrogens is 471 g/mol. The zero-order valence-electron chi connectivity index (χ0n) is 19.8. The summed E-state index contributed by atoms with van der Waals surface area (Å²) in [5.41, 5.74) is 2.43. The average molecular weight is 502 g/mol. The van der Waals surface area contributed by atoms with Crippen LogP contribution in [-0.2, 0) is 19.4 Å². The third-order valence-corrected chi connectivity index (χ3v) is 9.02. The predicted octanol–water partition coefficient (Wildman–Crippen LogP) is 5.78. The summed E-state index contributed by atoms with van der Waals surface area (Å²) in [6.45, 7) is 5.09. The van der Waals surface area contributed by atoms with Crippen LogP contribution in [0.3, 0.4) is 0 Å². The first-order valence-electron chi connectivity index (χ1n) is 12.6. The van der Waals surface area contributed by atoms with Crippen LogP contribution in [0, 0.1) is 24.7 Å². The highest BCUT2D eigenvalue weighted by molar-refractivity contribution is 7.10. The van der Waals surface area contributed by atoms with Gasteiger partial charge in [-0.3, -0.25) is 0 Å². The Bertz CT molecular complexity index is 1170. The lowest BCUT2D eigenvalue weighted by atomic mass is 9.82. The molecule has 5 nitrogen and oxygen atoms in total. The molecular formula is C26H30F3N5S.